The normalized spacial score (nSPS) is 11.8. The molecule has 1 heterocycles. The van der Waals surface area contributed by atoms with Crippen molar-refractivity contribution in [2.45, 2.75) is 32.9 Å². The fraction of sp³-hybridized carbons (Fsp3) is 0.375. The molecule has 0 aliphatic heterocycles. The molecular formula is C16H22N4OS. The standard InChI is InChI=1S/C16H22N4OS/c1-4-12(2)18-16(22)19-14-9-17-20(11-14)10-13-6-5-7-15(8-13)21-3/h5-9,11-12H,4,10H2,1-3H3,(H2,18,19,22). The van der Waals surface area contributed by atoms with Crippen LogP contribution in [0.5, 0.6) is 5.75 Å². The van der Waals surface area contributed by atoms with Gasteiger partial charge in [0.05, 0.1) is 25.5 Å². The van der Waals surface area contributed by atoms with E-state index >= 15 is 0 Å². The minimum absolute atomic E-state index is 0.354. The fourth-order valence-corrected chi connectivity index (χ4v) is 2.28. The highest BCUT2D eigenvalue weighted by Crippen LogP contribution is 2.14. The minimum Gasteiger partial charge on any atom is -0.497 e. The first kappa shape index (κ1) is 16.3. The maximum absolute atomic E-state index is 5.27. The lowest BCUT2D eigenvalue weighted by molar-refractivity contribution is 0.414. The molecule has 1 unspecified atom stereocenters. The third-order valence-corrected chi connectivity index (χ3v) is 3.58. The smallest absolute Gasteiger partial charge is 0.171 e. The zero-order valence-corrected chi connectivity index (χ0v) is 14.0. The number of ether oxygens (including phenoxy) is 1. The molecule has 5 nitrogen and oxygen atoms in total. The van der Waals surface area contributed by atoms with E-state index in [1.54, 1.807) is 13.3 Å². The van der Waals surface area contributed by atoms with Gasteiger partial charge in [0, 0.05) is 12.2 Å². The maximum Gasteiger partial charge on any atom is 0.171 e. The number of benzene rings is 1. The molecule has 0 saturated carbocycles. The van der Waals surface area contributed by atoms with Crippen molar-refractivity contribution in [3.8, 4) is 5.75 Å². The Labute approximate surface area is 136 Å². The summed E-state index contributed by atoms with van der Waals surface area (Å²) in [6.07, 6.45) is 4.73. The molecule has 2 N–H and O–H groups in total. The lowest BCUT2D eigenvalue weighted by atomic mass is 10.2. The lowest BCUT2D eigenvalue weighted by Crippen LogP contribution is -2.35. The second-order valence-electron chi connectivity index (χ2n) is 5.19. The predicted molar refractivity (Wildman–Crippen MR) is 93.4 cm³/mol. The van der Waals surface area contributed by atoms with Gasteiger partial charge in [0.15, 0.2) is 5.11 Å². The van der Waals surface area contributed by atoms with E-state index in [-0.39, 0.29) is 0 Å². The van der Waals surface area contributed by atoms with Crippen LogP contribution >= 0.6 is 12.2 Å². The summed E-state index contributed by atoms with van der Waals surface area (Å²) in [7, 11) is 1.67. The van der Waals surface area contributed by atoms with Gasteiger partial charge in [-0.25, -0.2) is 0 Å². The fourth-order valence-electron chi connectivity index (χ4n) is 1.97. The monoisotopic (exact) mass is 318 g/mol. The van der Waals surface area contributed by atoms with Crippen molar-refractivity contribution >= 4 is 23.0 Å². The quantitative estimate of drug-likeness (QED) is 0.802. The number of anilines is 1. The molecule has 0 bridgehead atoms. The molecule has 2 aromatic rings. The molecule has 118 valence electrons. The first-order valence-electron chi connectivity index (χ1n) is 7.33. The number of hydrogen-bond donors (Lipinski definition) is 2. The first-order valence-corrected chi connectivity index (χ1v) is 7.74. The van der Waals surface area contributed by atoms with Crippen LogP contribution in [0, 0.1) is 0 Å². The Morgan fingerprint density at radius 3 is 3.00 bits per heavy atom. The zero-order valence-electron chi connectivity index (χ0n) is 13.2. The van der Waals surface area contributed by atoms with Gasteiger partial charge in [-0.1, -0.05) is 19.1 Å². The highest BCUT2D eigenvalue weighted by Gasteiger charge is 2.05. The van der Waals surface area contributed by atoms with E-state index in [9.17, 15) is 0 Å². The van der Waals surface area contributed by atoms with E-state index in [1.807, 2.05) is 35.1 Å². The lowest BCUT2D eigenvalue weighted by Gasteiger charge is -2.14. The van der Waals surface area contributed by atoms with Gasteiger partial charge >= 0.3 is 0 Å². The van der Waals surface area contributed by atoms with Gasteiger partial charge in [0.25, 0.3) is 0 Å². The average molecular weight is 318 g/mol. The summed E-state index contributed by atoms with van der Waals surface area (Å²) in [6, 6.07) is 8.31. The van der Waals surface area contributed by atoms with Gasteiger partial charge < -0.3 is 15.4 Å². The minimum atomic E-state index is 0.354. The Morgan fingerprint density at radius 2 is 2.27 bits per heavy atom. The van der Waals surface area contributed by atoms with Crippen LogP contribution in [0.1, 0.15) is 25.8 Å². The van der Waals surface area contributed by atoms with Gasteiger partial charge in [0.2, 0.25) is 0 Å². The molecule has 1 aromatic heterocycles. The molecular weight excluding hydrogens is 296 g/mol. The molecule has 0 amide bonds. The molecule has 0 aliphatic rings. The van der Waals surface area contributed by atoms with Gasteiger partial charge in [0.1, 0.15) is 5.75 Å². The number of methoxy groups -OCH3 is 1. The van der Waals surface area contributed by atoms with Crippen LogP contribution < -0.4 is 15.4 Å². The number of thiocarbonyl (C=S) groups is 1. The van der Waals surface area contributed by atoms with Crippen molar-refractivity contribution in [2.24, 2.45) is 0 Å². The Hall–Kier alpha value is -2.08. The maximum atomic E-state index is 5.27. The summed E-state index contributed by atoms with van der Waals surface area (Å²) in [5, 5.41) is 11.3. The van der Waals surface area contributed by atoms with Crippen LogP contribution in [0.4, 0.5) is 5.69 Å². The van der Waals surface area contributed by atoms with Crippen molar-refractivity contribution in [1.29, 1.82) is 0 Å². The average Bonchev–Trinajstić information content (AvgIpc) is 2.94. The highest BCUT2D eigenvalue weighted by atomic mass is 32.1. The van der Waals surface area contributed by atoms with Crippen LogP contribution in [-0.4, -0.2) is 28.0 Å². The van der Waals surface area contributed by atoms with Crippen LogP contribution in [0.2, 0.25) is 0 Å². The number of nitrogens with zero attached hydrogens (tertiary/aromatic N) is 2. The van der Waals surface area contributed by atoms with E-state index in [0.29, 0.717) is 17.7 Å². The molecule has 0 fully saturated rings. The number of hydrogen-bond acceptors (Lipinski definition) is 3. The Kier molecular flexibility index (Phi) is 5.77. The van der Waals surface area contributed by atoms with Crippen molar-refractivity contribution in [2.75, 3.05) is 12.4 Å². The third-order valence-electron chi connectivity index (χ3n) is 3.36. The van der Waals surface area contributed by atoms with Crippen molar-refractivity contribution in [3.05, 3.63) is 42.2 Å². The SMILES string of the molecule is CCC(C)NC(=S)Nc1cnn(Cc2cccc(OC)c2)c1. The van der Waals surface area contributed by atoms with E-state index < -0.39 is 0 Å². The molecule has 0 spiro atoms. The number of aromatic nitrogens is 2. The molecule has 1 atom stereocenters. The van der Waals surface area contributed by atoms with E-state index in [2.05, 4.69) is 29.6 Å². The molecule has 0 radical (unpaired) electrons. The number of rotatable bonds is 6. The summed E-state index contributed by atoms with van der Waals surface area (Å²) in [5.41, 5.74) is 2.01. The molecule has 0 aliphatic carbocycles. The Bertz CT molecular complexity index is 626. The molecule has 6 heteroatoms. The second-order valence-corrected chi connectivity index (χ2v) is 5.59. The molecule has 1 aromatic carbocycles. The summed E-state index contributed by atoms with van der Waals surface area (Å²) in [6.45, 7) is 4.90. The number of nitrogens with one attached hydrogen (secondary N) is 2. The summed E-state index contributed by atoms with van der Waals surface area (Å²) < 4.78 is 7.09. The molecule has 2 rings (SSSR count). The van der Waals surface area contributed by atoms with Gasteiger partial charge in [-0.3, -0.25) is 4.68 Å². The van der Waals surface area contributed by atoms with Crippen molar-refractivity contribution in [1.82, 2.24) is 15.1 Å². The molecule has 22 heavy (non-hydrogen) atoms. The zero-order chi connectivity index (χ0) is 15.9. The summed E-state index contributed by atoms with van der Waals surface area (Å²) >= 11 is 5.27. The summed E-state index contributed by atoms with van der Waals surface area (Å²) in [5.74, 6) is 0.849. The van der Waals surface area contributed by atoms with E-state index in [1.165, 1.54) is 0 Å². The van der Waals surface area contributed by atoms with E-state index in [0.717, 1.165) is 23.4 Å². The first-order chi connectivity index (χ1) is 10.6. The van der Waals surface area contributed by atoms with Crippen LogP contribution in [-0.2, 0) is 6.54 Å². The van der Waals surface area contributed by atoms with E-state index in [4.69, 9.17) is 17.0 Å². The molecule has 0 saturated heterocycles. The van der Waals surface area contributed by atoms with Crippen molar-refractivity contribution < 1.29 is 4.74 Å². The van der Waals surface area contributed by atoms with Gasteiger partial charge in [-0.05, 0) is 43.3 Å². The van der Waals surface area contributed by atoms with Gasteiger partial charge in [-0.15, -0.1) is 0 Å². The predicted octanol–water partition coefficient (Wildman–Crippen LogP) is 3.02. The van der Waals surface area contributed by atoms with Crippen LogP contribution in [0.15, 0.2) is 36.7 Å². The summed E-state index contributed by atoms with van der Waals surface area (Å²) in [4.78, 5) is 0. The third kappa shape index (κ3) is 4.73. The Morgan fingerprint density at radius 1 is 1.45 bits per heavy atom. The second kappa shape index (κ2) is 7.79. The van der Waals surface area contributed by atoms with Crippen LogP contribution in [0.3, 0.4) is 0 Å². The topological polar surface area (TPSA) is 51.1 Å². The highest BCUT2D eigenvalue weighted by molar-refractivity contribution is 7.80. The van der Waals surface area contributed by atoms with Crippen molar-refractivity contribution in [3.63, 3.8) is 0 Å². The van der Waals surface area contributed by atoms with Gasteiger partial charge in [-0.2, -0.15) is 5.10 Å². The van der Waals surface area contributed by atoms with Crippen LogP contribution in [0.25, 0.3) is 0 Å². The Balaban J connectivity index is 1.95. The largest absolute Gasteiger partial charge is 0.497 e.